The van der Waals surface area contributed by atoms with E-state index in [4.69, 9.17) is 4.98 Å². The molecule has 0 radical (unpaired) electrons. The highest BCUT2D eigenvalue weighted by Gasteiger charge is 2.47. The molecular formula is C30H36F2N6O2. The van der Waals surface area contributed by atoms with Crippen LogP contribution in [0, 0.1) is 0 Å². The molecule has 0 spiro atoms. The van der Waals surface area contributed by atoms with Crippen molar-refractivity contribution < 1.29 is 18.7 Å². The molecule has 1 saturated carbocycles. The van der Waals surface area contributed by atoms with Gasteiger partial charge in [0.05, 0.1) is 0 Å². The van der Waals surface area contributed by atoms with Gasteiger partial charge in [-0.15, -0.1) is 0 Å². The molecule has 5 rings (SSSR count). The van der Waals surface area contributed by atoms with E-state index in [-0.39, 0.29) is 25.3 Å². The summed E-state index contributed by atoms with van der Waals surface area (Å²) in [6, 6.07) is 12.6. The van der Waals surface area contributed by atoms with E-state index in [1.54, 1.807) is 6.20 Å². The van der Waals surface area contributed by atoms with E-state index in [2.05, 4.69) is 32.7 Å². The molecule has 10 heteroatoms. The van der Waals surface area contributed by atoms with Crippen LogP contribution in [0.15, 0.2) is 55.0 Å². The van der Waals surface area contributed by atoms with E-state index in [1.165, 1.54) is 11.9 Å². The number of aliphatic carboxylic acids is 1. The van der Waals surface area contributed by atoms with Gasteiger partial charge in [0.25, 0.3) is 5.92 Å². The summed E-state index contributed by atoms with van der Waals surface area (Å²) in [5.41, 5.74) is 3.86. The van der Waals surface area contributed by atoms with E-state index >= 15 is 0 Å². The van der Waals surface area contributed by atoms with Gasteiger partial charge in [0.15, 0.2) is 0 Å². The van der Waals surface area contributed by atoms with Crippen molar-refractivity contribution in [3.8, 4) is 11.1 Å². The minimum absolute atomic E-state index is 0.180. The molecule has 3 N–H and O–H groups in total. The smallest absolute Gasteiger partial charge is 0.326 e. The van der Waals surface area contributed by atoms with Gasteiger partial charge < -0.3 is 15.7 Å². The van der Waals surface area contributed by atoms with Crippen LogP contribution in [-0.4, -0.2) is 68.6 Å². The van der Waals surface area contributed by atoms with Crippen LogP contribution in [0.3, 0.4) is 0 Å². The number of aryl methyl sites for hydroxylation is 2. The SMILES string of the molecule is O=C(O)C(CCN(CCCCc1ccc2c(n1)NCCC2)C1CC(F)(F)C1)Nc1ncncc1-c1ccccc1. The third-order valence-electron chi connectivity index (χ3n) is 7.78. The van der Waals surface area contributed by atoms with Crippen molar-refractivity contribution in [3.63, 3.8) is 0 Å². The van der Waals surface area contributed by atoms with E-state index in [0.29, 0.717) is 24.5 Å². The quantitative estimate of drug-likeness (QED) is 0.247. The molecule has 1 fully saturated rings. The largest absolute Gasteiger partial charge is 0.480 e. The van der Waals surface area contributed by atoms with Gasteiger partial charge in [-0.05, 0) is 62.3 Å². The number of hydrogen-bond acceptors (Lipinski definition) is 7. The first-order chi connectivity index (χ1) is 19.4. The predicted molar refractivity (Wildman–Crippen MR) is 151 cm³/mol. The Morgan fingerprint density at radius 3 is 2.75 bits per heavy atom. The maximum atomic E-state index is 13.8. The van der Waals surface area contributed by atoms with Crippen LogP contribution in [0.1, 0.15) is 49.8 Å². The van der Waals surface area contributed by atoms with Crippen LogP contribution in [0.25, 0.3) is 11.1 Å². The van der Waals surface area contributed by atoms with Crippen molar-refractivity contribution in [1.82, 2.24) is 19.9 Å². The lowest BCUT2D eigenvalue weighted by molar-refractivity contribution is -0.139. The van der Waals surface area contributed by atoms with Gasteiger partial charge in [-0.3, -0.25) is 4.90 Å². The number of fused-ring (bicyclic) bond motifs is 1. The van der Waals surface area contributed by atoms with Gasteiger partial charge in [0.1, 0.15) is 24.0 Å². The number of anilines is 2. The molecule has 1 unspecified atom stereocenters. The number of carbonyl (C=O) groups is 1. The summed E-state index contributed by atoms with van der Waals surface area (Å²) in [4.78, 5) is 27.4. The molecule has 1 atom stereocenters. The zero-order valence-electron chi connectivity index (χ0n) is 22.5. The zero-order valence-corrected chi connectivity index (χ0v) is 22.5. The van der Waals surface area contributed by atoms with Gasteiger partial charge in [0, 0.05) is 49.4 Å². The molecular weight excluding hydrogens is 514 g/mol. The summed E-state index contributed by atoms with van der Waals surface area (Å²) < 4.78 is 27.5. The number of unbranched alkanes of at least 4 members (excludes halogenated alkanes) is 1. The molecule has 1 aromatic carbocycles. The molecule has 1 aliphatic heterocycles. The third kappa shape index (κ3) is 7.10. The summed E-state index contributed by atoms with van der Waals surface area (Å²) >= 11 is 0. The van der Waals surface area contributed by atoms with Crippen LogP contribution < -0.4 is 10.6 Å². The molecule has 2 aromatic heterocycles. The monoisotopic (exact) mass is 550 g/mol. The summed E-state index contributed by atoms with van der Waals surface area (Å²) in [5, 5.41) is 16.4. The van der Waals surface area contributed by atoms with E-state index in [1.807, 2.05) is 35.2 Å². The molecule has 212 valence electrons. The van der Waals surface area contributed by atoms with Crippen LogP contribution in [0.5, 0.6) is 0 Å². The highest BCUT2D eigenvalue weighted by molar-refractivity contribution is 5.81. The molecule has 8 nitrogen and oxygen atoms in total. The number of carboxylic acids is 1. The Bertz CT molecular complexity index is 1280. The average molecular weight is 551 g/mol. The first-order valence-corrected chi connectivity index (χ1v) is 14.1. The average Bonchev–Trinajstić information content (AvgIpc) is 2.95. The van der Waals surface area contributed by atoms with E-state index < -0.39 is 17.9 Å². The maximum Gasteiger partial charge on any atom is 0.326 e. The van der Waals surface area contributed by atoms with Crippen LogP contribution in [0.2, 0.25) is 0 Å². The third-order valence-corrected chi connectivity index (χ3v) is 7.78. The number of pyridine rings is 1. The van der Waals surface area contributed by atoms with Crippen LogP contribution in [-0.2, 0) is 17.6 Å². The fraction of sp³-hybridized carbons (Fsp3) is 0.467. The summed E-state index contributed by atoms with van der Waals surface area (Å²) in [6.07, 6.45) is 7.62. The van der Waals surface area contributed by atoms with Crippen molar-refractivity contribution >= 4 is 17.6 Å². The van der Waals surface area contributed by atoms with Gasteiger partial charge in [0.2, 0.25) is 0 Å². The normalized spacial score (nSPS) is 17.0. The number of hydrogen-bond donors (Lipinski definition) is 3. The van der Waals surface area contributed by atoms with Gasteiger partial charge >= 0.3 is 5.97 Å². The lowest BCUT2D eigenvalue weighted by Crippen LogP contribution is -2.52. The van der Waals surface area contributed by atoms with E-state index in [9.17, 15) is 18.7 Å². The summed E-state index contributed by atoms with van der Waals surface area (Å²) in [6.45, 7) is 1.98. The molecule has 0 bridgehead atoms. The Labute approximate surface area is 233 Å². The first-order valence-electron chi connectivity index (χ1n) is 14.1. The minimum atomic E-state index is -2.64. The highest BCUT2D eigenvalue weighted by atomic mass is 19.3. The Morgan fingerprint density at radius 2 is 1.98 bits per heavy atom. The van der Waals surface area contributed by atoms with E-state index in [0.717, 1.165) is 55.7 Å². The zero-order chi connectivity index (χ0) is 28.0. The van der Waals surface area contributed by atoms with Crippen LogP contribution in [0.4, 0.5) is 20.4 Å². The summed E-state index contributed by atoms with van der Waals surface area (Å²) in [7, 11) is 0. The van der Waals surface area contributed by atoms with Gasteiger partial charge in [-0.1, -0.05) is 36.4 Å². The Balaban J connectivity index is 1.18. The topological polar surface area (TPSA) is 103 Å². The fourth-order valence-electron chi connectivity index (χ4n) is 5.48. The Kier molecular flexibility index (Phi) is 8.84. The van der Waals surface area contributed by atoms with Crippen LogP contribution >= 0.6 is 0 Å². The van der Waals surface area contributed by atoms with Crippen molar-refractivity contribution in [2.75, 3.05) is 30.3 Å². The lowest BCUT2D eigenvalue weighted by atomic mass is 9.86. The minimum Gasteiger partial charge on any atom is -0.480 e. The number of halogens is 2. The van der Waals surface area contributed by atoms with Gasteiger partial charge in [-0.25, -0.2) is 28.5 Å². The number of aromatic nitrogens is 3. The highest BCUT2D eigenvalue weighted by Crippen LogP contribution is 2.40. The van der Waals surface area contributed by atoms with Crippen molar-refractivity contribution in [2.24, 2.45) is 0 Å². The summed E-state index contributed by atoms with van der Waals surface area (Å²) in [5.74, 6) is -2.24. The number of nitrogens with zero attached hydrogens (tertiary/aromatic N) is 4. The molecule has 3 heterocycles. The van der Waals surface area contributed by atoms with Crippen molar-refractivity contribution in [3.05, 3.63) is 66.2 Å². The fourth-order valence-corrected chi connectivity index (χ4v) is 5.48. The number of benzene rings is 1. The predicted octanol–water partition coefficient (Wildman–Crippen LogP) is 5.27. The molecule has 3 aromatic rings. The second kappa shape index (κ2) is 12.7. The standard InChI is InChI=1S/C30H36F2N6O2/c31-30(32)17-24(18-30)38(15-5-4-10-23-12-11-22-9-6-14-34-27(22)36-23)16-13-26(29(39)40)37-28-25(19-33-20-35-28)21-7-2-1-3-8-21/h1-3,7-8,11-12,19-20,24,26H,4-6,9-10,13-18H2,(H,34,36)(H,39,40)(H,33,35,37). The Hall–Kier alpha value is -3.66. The van der Waals surface area contributed by atoms with Crippen molar-refractivity contribution in [1.29, 1.82) is 0 Å². The van der Waals surface area contributed by atoms with Crippen molar-refractivity contribution in [2.45, 2.75) is 69.4 Å². The van der Waals surface area contributed by atoms with Gasteiger partial charge in [-0.2, -0.15) is 0 Å². The molecule has 0 amide bonds. The molecule has 40 heavy (non-hydrogen) atoms. The molecule has 2 aliphatic rings. The molecule has 0 saturated heterocycles. The number of carboxylic acid groups (broad SMARTS) is 1. The number of nitrogens with one attached hydrogen (secondary N) is 2. The number of rotatable bonds is 13. The molecule has 1 aliphatic carbocycles. The maximum absolute atomic E-state index is 13.8. The second-order valence-electron chi connectivity index (χ2n) is 10.7. The Morgan fingerprint density at radius 1 is 1.15 bits per heavy atom. The number of alkyl halides is 2. The first kappa shape index (κ1) is 27.9. The second-order valence-corrected chi connectivity index (χ2v) is 10.7. The lowest BCUT2D eigenvalue weighted by Gasteiger charge is -2.43.